The first kappa shape index (κ1) is 14.3. The molecule has 1 atom stereocenters. The number of halogens is 2. The molecule has 3 nitrogen and oxygen atoms in total. The van der Waals surface area contributed by atoms with Crippen LogP contribution in [0.3, 0.4) is 0 Å². The average molecular weight is 276 g/mol. The van der Waals surface area contributed by atoms with Gasteiger partial charge in [-0.3, -0.25) is 9.69 Å². The monoisotopic (exact) mass is 275 g/mol. The summed E-state index contributed by atoms with van der Waals surface area (Å²) in [6.45, 7) is 2.46. The Bertz CT molecular complexity index is 409. The van der Waals surface area contributed by atoms with Gasteiger partial charge in [-0.1, -0.05) is 29.3 Å². The molecule has 0 amide bonds. The van der Waals surface area contributed by atoms with Gasteiger partial charge in [-0.15, -0.1) is 0 Å². The van der Waals surface area contributed by atoms with Crippen molar-refractivity contribution in [2.24, 2.45) is 0 Å². The molecule has 0 aliphatic rings. The van der Waals surface area contributed by atoms with Crippen molar-refractivity contribution in [2.75, 3.05) is 13.6 Å². The van der Waals surface area contributed by atoms with Crippen molar-refractivity contribution in [3.8, 4) is 0 Å². The van der Waals surface area contributed by atoms with Gasteiger partial charge in [0.1, 0.15) is 0 Å². The van der Waals surface area contributed by atoms with Crippen LogP contribution in [0.4, 0.5) is 0 Å². The van der Waals surface area contributed by atoms with Crippen LogP contribution < -0.4 is 0 Å². The third kappa shape index (κ3) is 4.19. The third-order valence-corrected chi connectivity index (χ3v) is 3.31. The van der Waals surface area contributed by atoms with E-state index in [9.17, 15) is 4.79 Å². The molecule has 17 heavy (non-hydrogen) atoms. The summed E-state index contributed by atoms with van der Waals surface area (Å²) in [5.41, 5.74) is 0.948. The Morgan fingerprint density at radius 2 is 2.12 bits per heavy atom. The fourth-order valence-corrected chi connectivity index (χ4v) is 2.11. The normalized spacial score (nSPS) is 12.8. The maximum atomic E-state index is 10.5. The fraction of sp³-hybridized carbons (Fsp3) is 0.417. The van der Waals surface area contributed by atoms with Crippen LogP contribution in [0.15, 0.2) is 18.2 Å². The summed E-state index contributed by atoms with van der Waals surface area (Å²) in [5, 5.41) is 9.84. The number of carboxylic acids is 1. The summed E-state index contributed by atoms with van der Waals surface area (Å²) >= 11 is 11.9. The van der Waals surface area contributed by atoms with Crippen molar-refractivity contribution in [1.29, 1.82) is 0 Å². The van der Waals surface area contributed by atoms with Crippen LogP contribution in [-0.2, 0) is 4.79 Å². The molecule has 1 aromatic carbocycles. The minimum atomic E-state index is -0.800. The molecule has 1 aromatic rings. The highest BCUT2D eigenvalue weighted by molar-refractivity contribution is 6.35. The zero-order chi connectivity index (χ0) is 13.0. The van der Waals surface area contributed by atoms with E-state index in [2.05, 4.69) is 0 Å². The van der Waals surface area contributed by atoms with Crippen LogP contribution in [0.25, 0.3) is 0 Å². The number of benzene rings is 1. The van der Waals surface area contributed by atoms with Gasteiger partial charge >= 0.3 is 5.97 Å². The molecule has 0 saturated carbocycles. The van der Waals surface area contributed by atoms with Gasteiger partial charge in [0.05, 0.1) is 6.42 Å². The van der Waals surface area contributed by atoms with Crippen molar-refractivity contribution in [3.63, 3.8) is 0 Å². The summed E-state index contributed by atoms with van der Waals surface area (Å²) in [5.74, 6) is -0.800. The van der Waals surface area contributed by atoms with E-state index in [0.717, 1.165) is 5.56 Å². The highest BCUT2D eigenvalue weighted by atomic mass is 35.5. The second kappa shape index (κ2) is 6.24. The van der Waals surface area contributed by atoms with E-state index in [0.29, 0.717) is 16.6 Å². The second-order valence-electron chi connectivity index (χ2n) is 3.97. The molecule has 0 aromatic heterocycles. The number of rotatable bonds is 5. The molecule has 0 saturated heterocycles. The number of hydrogen-bond donors (Lipinski definition) is 1. The van der Waals surface area contributed by atoms with Crippen LogP contribution in [0.5, 0.6) is 0 Å². The van der Waals surface area contributed by atoms with Crippen molar-refractivity contribution >= 4 is 29.2 Å². The van der Waals surface area contributed by atoms with Gasteiger partial charge < -0.3 is 5.11 Å². The molecule has 1 unspecified atom stereocenters. The highest BCUT2D eigenvalue weighted by Crippen LogP contribution is 2.28. The van der Waals surface area contributed by atoms with E-state index in [1.54, 1.807) is 12.1 Å². The molecule has 0 radical (unpaired) electrons. The second-order valence-corrected chi connectivity index (χ2v) is 4.81. The molecule has 0 heterocycles. The zero-order valence-corrected chi connectivity index (χ0v) is 11.3. The van der Waals surface area contributed by atoms with Crippen LogP contribution in [0.1, 0.15) is 24.9 Å². The Kier molecular flexibility index (Phi) is 5.25. The highest BCUT2D eigenvalue weighted by Gasteiger charge is 2.15. The maximum Gasteiger partial charge on any atom is 0.304 e. The molecule has 5 heteroatoms. The number of carboxylic acid groups (broad SMARTS) is 1. The topological polar surface area (TPSA) is 40.5 Å². The lowest BCUT2D eigenvalue weighted by Gasteiger charge is -2.25. The van der Waals surface area contributed by atoms with Gasteiger partial charge in [-0.05, 0) is 31.7 Å². The van der Waals surface area contributed by atoms with Crippen molar-refractivity contribution in [3.05, 3.63) is 33.8 Å². The first-order valence-electron chi connectivity index (χ1n) is 5.28. The third-order valence-electron chi connectivity index (χ3n) is 2.75. The van der Waals surface area contributed by atoms with Gasteiger partial charge in [-0.25, -0.2) is 0 Å². The SMILES string of the molecule is CC(c1ccc(Cl)cc1Cl)N(C)CCC(=O)O. The molecule has 0 spiro atoms. The van der Waals surface area contributed by atoms with Crippen LogP contribution in [0, 0.1) is 0 Å². The van der Waals surface area contributed by atoms with E-state index in [4.69, 9.17) is 28.3 Å². The molecule has 1 rings (SSSR count). The van der Waals surface area contributed by atoms with Crippen molar-refractivity contribution in [2.45, 2.75) is 19.4 Å². The summed E-state index contributed by atoms with van der Waals surface area (Å²) in [4.78, 5) is 12.5. The van der Waals surface area contributed by atoms with E-state index < -0.39 is 5.97 Å². The van der Waals surface area contributed by atoms with Crippen molar-refractivity contribution < 1.29 is 9.90 Å². The fourth-order valence-electron chi connectivity index (χ4n) is 1.54. The Balaban J connectivity index is 2.74. The molecular weight excluding hydrogens is 261 g/mol. The van der Waals surface area contributed by atoms with Gasteiger partial charge in [0, 0.05) is 22.6 Å². The summed E-state index contributed by atoms with van der Waals surface area (Å²) < 4.78 is 0. The van der Waals surface area contributed by atoms with Gasteiger partial charge in [-0.2, -0.15) is 0 Å². The van der Waals surface area contributed by atoms with Crippen LogP contribution in [0.2, 0.25) is 10.0 Å². The maximum absolute atomic E-state index is 10.5. The Labute approximate surface area is 111 Å². The quantitative estimate of drug-likeness (QED) is 0.895. The molecule has 0 aliphatic carbocycles. The van der Waals surface area contributed by atoms with Gasteiger partial charge in [0.2, 0.25) is 0 Å². The summed E-state index contributed by atoms with van der Waals surface area (Å²) in [7, 11) is 1.87. The van der Waals surface area contributed by atoms with E-state index in [1.165, 1.54) is 0 Å². The summed E-state index contributed by atoms with van der Waals surface area (Å²) in [6, 6.07) is 5.40. The van der Waals surface area contributed by atoms with Crippen LogP contribution in [-0.4, -0.2) is 29.6 Å². The predicted octanol–water partition coefficient (Wildman–Crippen LogP) is 3.46. The molecule has 1 N–H and O–H groups in total. The lowest BCUT2D eigenvalue weighted by atomic mass is 10.1. The Morgan fingerprint density at radius 1 is 1.47 bits per heavy atom. The smallest absolute Gasteiger partial charge is 0.304 e. The van der Waals surface area contributed by atoms with E-state index >= 15 is 0 Å². The first-order valence-corrected chi connectivity index (χ1v) is 6.04. The zero-order valence-electron chi connectivity index (χ0n) is 9.78. The number of hydrogen-bond acceptors (Lipinski definition) is 2. The molecular formula is C12H15Cl2NO2. The largest absolute Gasteiger partial charge is 0.481 e. The van der Waals surface area contributed by atoms with Crippen LogP contribution >= 0.6 is 23.2 Å². The van der Waals surface area contributed by atoms with Crippen molar-refractivity contribution in [1.82, 2.24) is 4.90 Å². The Morgan fingerprint density at radius 3 is 2.65 bits per heavy atom. The average Bonchev–Trinajstić information content (AvgIpc) is 2.25. The van der Waals surface area contributed by atoms with Gasteiger partial charge in [0.15, 0.2) is 0 Å². The van der Waals surface area contributed by atoms with E-state index in [-0.39, 0.29) is 12.5 Å². The lowest BCUT2D eigenvalue weighted by molar-refractivity contribution is -0.137. The van der Waals surface area contributed by atoms with Gasteiger partial charge in [0.25, 0.3) is 0 Å². The number of carbonyl (C=O) groups is 1. The molecule has 0 fully saturated rings. The standard InChI is InChI=1S/C12H15Cl2NO2/c1-8(15(2)6-5-12(16)17)10-4-3-9(13)7-11(10)14/h3-4,7-8H,5-6H2,1-2H3,(H,16,17). The van der Waals surface area contributed by atoms with E-state index in [1.807, 2.05) is 24.9 Å². The molecule has 94 valence electrons. The number of nitrogens with zero attached hydrogens (tertiary/aromatic N) is 1. The minimum absolute atomic E-state index is 0.0547. The lowest BCUT2D eigenvalue weighted by Crippen LogP contribution is -2.25. The first-order chi connectivity index (χ1) is 7.91. The summed E-state index contributed by atoms with van der Waals surface area (Å²) in [6.07, 6.45) is 0.117. The molecule has 0 bridgehead atoms. The molecule has 0 aliphatic heterocycles. The minimum Gasteiger partial charge on any atom is -0.481 e. The Hall–Kier alpha value is -0.770. The number of aliphatic carboxylic acids is 1. The predicted molar refractivity (Wildman–Crippen MR) is 69.8 cm³/mol.